The fourth-order valence-electron chi connectivity index (χ4n) is 3.53. The summed E-state index contributed by atoms with van der Waals surface area (Å²) in [6.45, 7) is 1.99. The van der Waals surface area contributed by atoms with Gasteiger partial charge in [0.15, 0.2) is 5.65 Å². The van der Waals surface area contributed by atoms with Crippen LogP contribution in [0.15, 0.2) is 49.2 Å². The molecule has 0 saturated heterocycles. The highest BCUT2D eigenvalue weighted by Gasteiger charge is 2.33. The number of benzene rings is 1. The lowest BCUT2D eigenvalue weighted by molar-refractivity contribution is -0.137. The maximum absolute atomic E-state index is 13.1. The molecular formula is C21H15ClF3N7. The number of aryl methyl sites for hydroxylation is 1. The second-order valence-corrected chi connectivity index (χ2v) is 7.64. The molecule has 1 aromatic carbocycles. The largest absolute Gasteiger partial charge is 0.417 e. The van der Waals surface area contributed by atoms with Crippen molar-refractivity contribution in [1.82, 2.24) is 34.9 Å². The Labute approximate surface area is 184 Å². The Hall–Kier alpha value is -3.66. The monoisotopic (exact) mass is 457 g/mol. The molecule has 0 atom stereocenters. The summed E-state index contributed by atoms with van der Waals surface area (Å²) < 4.78 is 40.9. The number of alkyl halides is 3. The van der Waals surface area contributed by atoms with Crippen LogP contribution >= 0.6 is 11.6 Å². The van der Waals surface area contributed by atoms with Crippen molar-refractivity contribution in [2.45, 2.75) is 19.6 Å². The van der Waals surface area contributed by atoms with Gasteiger partial charge in [-0.3, -0.25) is 9.78 Å². The summed E-state index contributed by atoms with van der Waals surface area (Å²) in [7, 11) is 0. The Kier molecular flexibility index (Phi) is 4.74. The third-order valence-electron chi connectivity index (χ3n) is 5.15. The van der Waals surface area contributed by atoms with E-state index in [1.54, 1.807) is 37.1 Å². The number of fused-ring (bicyclic) bond motifs is 1. The highest BCUT2D eigenvalue weighted by atomic mass is 35.5. The number of aromatic nitrogens is 7. The van der Waals surface area contributed by atoms with Crippen LogP contribution in [0.4, 0.5) is 13.2 Å². The van der Waals surface area contributed by atoms with Gasteiger partial charge < -0.3 is 4.98 Å². The van der Waals surface area contributed by atoms with E-state index in [9.17, 15) is 13.2 Å². The summed E-state index contributed by atoms with van der Waals surface area (Å²) >= 11 is 6.01. The molecule has 4 aromatic heterocycles. The molecule has 2 N–H and O–H groups in total. The van der Waals surface area contributed by atoms with Crippen molar-refractivity contribution in [1.29, 1.82) is 0 Å². The number of hydrogen-bond donors (Lipinski definition) is 2. The molecule has 0 unspecified atom stereocenters. The summed E-state index contributed by atoms with van der Waals surface area (Å²) in [5, 5.41) is 10.9. The third-order valence-corrected chi connectivity index (χ3v) is 5.59. The lowest BCUT2D eigenvalue weighted by Crippen LogP contribution is -2.09. The van der Waals surface area contributed by atoms with E-state index in [0.29, 0.717) is 22.4 Å². The maximum Gasteiger partial charge on any atom is 0.417 e. The van der Waals surface area contributed by atoms with Crippen LogP contribution in [0.3, 0.4) is 0 Å². The molecule has 0 aliphatic heterocycles. The normalized spacial score (nSPS) is 12.0. The van der Waals surface area contributed by atoms with Crippen molar-refractivity contribution in [3.8, 4) is 22.4 Å². The molecule has 0 amide bonds. The van der Waals surface area contributed by atoms with Gasteiger partial charge >= 0.3 is 6.18 Å². The van der Waals surface area contributed by atoms with Gasteiger partial charge in [0.05, 0.1) is 41.4 Å². The predicted octanol–water partition coefficient (Wildman–Crippen LogP) is 5.24. The molecule has 0 saturated carbocycles. The topological polar surface area (TPSA) is 88.1 Å². The van der Waals surface area contributed by atoms with Crippen molar-refractivity contribution in [3.63, 3.8) is 0 Å². The maximum atomic E-state index is 13.1. The zero-order valence-electron chi connectivity index (χ0n) is 16.6. The van der Waals surface area contributed by atoms with Crippen molar-refractivity contribution in [2.75, 3.05) is 0 Å². The fraction of sp³-hybridized carbons (Fsp3) is 0.143. The molecule has 11 heteroatoms. The van der Waals surface area contributed by atoms with Crippen molar-refractivity contribution in [3.05, 3.63) is 71.0 Å². The van der Waals surface area contributed by atoms with E-state index in [4.69, 9.17) is 16.6 Å². The molecule has 4 heterocycles. The van der Waals surface area contributed by atoms with E-state index in [-0.39, 0.29) is 11.6 Å². The van der Waals surface area contributed by atoms with E-state index in [2.05, 4.69) is 25.3 Å². The summed E-state index contributed by atoms with van der Waals surface area (Å²) in [6, 6.07) is 3.85. The average Bonchev–Trinajstić information content (AvgIpc) is 3.47. The van der Waals surface area contributed by atoms with Gasteiger partial charge in [0.25, 0.3) is 0 Å². The molecule has 32 heavy (non-hydrogen) atoms. The quantitative estimate of drug-likeness (QED) is 0.386. The van der Waals surface area contributed by atoms with Crippen LogP contribution in [0.2, 0.25) is 5.02 Å². The van der Waals surface area contributed by atoms with Crippen LogP contribution in [-0.2, 0) is 12.7 Å². The summed E-state index contributed by atoms with van der Waals surface area (Å²) in [4.78, 5) is 12.2. The first-order chi connectivity index (χ1) is 15.3. The minimum atomic E-state index is -4.52. The highest BCUT2D eigenvalue weighted by Crippen LogP contribution is 2.36. The number of hydrogen-bond acceptors (Lipinski definition) is 4. The number of H-pyrrole nitrogens is 2. The van der Waals surface area contributed by atoms with Gasteiger partial charge in [-0.1, -0.05) is 23.7 Å². The van der Waals surface area contributed by atoms with Crippen LogP contribution in [0.25, 0.3) is 33.5 Å². The van der Waals surface area contributed by atoms with Crippen molar-refractivity contribution < 1.29 is 13.2 Å². The molecule has 0 aliphatic rings. The molecule has 0 bridgehead atoms. The van der Waals surface area contributed by atoms with Gasteiger partial charge in [0.2, 0.25) is 0 Å². The standard InChI is InChI=1S/C21H15ClF3N7/c1-11-14(7-28-31-11)17-8-27-20-19(30-17)15(6-26-20)13-5-29-32(10-13)9-12-3-2-4-16(18(12)22)21(23,24)25/h2-8,10H,9H2,1H3,(H,26,27)(H,28,31). The first kappa shape index (κ1) is 20.3. The SMILES string of the molecule is Cc1[nH]ncc1-c1cnc2[nH]cc(-c3cnn(Cc4cccc(C(F)(F)F)c4Cl)c3)c2n1. The van der Waals surface area contributed by atoms with E-state index >= 15 is 0 Å². The number of aromatic amines is 2. The number of rotatable bonds is 4. The zero-order chi connectivity index (χ0) is 22.5. The number of nitrogens with one attached hydrogen (secondary N) is 2. The Bertz CT molecular complexity index is 1430. The van der Waals surface area contributed by atoms with Crippen molar-refractivity contribution in [2.24, 2.45) is 0 Å². The zero-order valence-corrected chi connectivity index (χ0v) is 17.3. The van der Waals surface area contributed by atoms with Crippen LogP contribution in [0.1, 0.15) is 16.8 Å². The van der Waals surface area contributed by atoms with Gasteiger partial charge in [-0.25, -0.2) is 9.97 Å². The van der Waals surface area contributed by atoms with Gasteiger partial charge in [0.1, 0.15) is 5.52 Å². The van der Waals surface area contributed by atoms with Crippen LogP contribution in [0.5, 0.6) is 0 Å². The summed E-state index contributed by atoms with van der Waals surface area (Å²) in [5.41, 5.74) is 4.64. The number of nitrogens with zero attached hydrogens (tertiary/aromatic N) is 5. The molecule has 0 fully saturated rings. The van der Waals surface area contributed by atoms with E-state index < -0.39 is 11.7 Å². The minimum Gasteiger partial charge on any atom is -0.344 e. The minimum absolute atomic E-state index is 0.0935. The number of halogens is 4. The molecular weight excluding hydrogens is 443 g/mol. The van der Waals surface area contributed by atoms with Crippen molar-refractivity contribution >= 4 is 22.8 Å². The average molecular weight is 458 g/mol. The highest BCUT2D eigenvalue weighted by molar-refractivity contribution is 6.32. The third kappa shape index (κ3) is 3.52. The molecule has 7 nitrogen and oxygen atoms in total. The van der Waals surface area contributed by atoms with Gasteiger partial charge in [-0.05, 0) is 18.6 Å². The molecule has 5 aromatic rings. The second-order valence-electron chi connectivity index (χ2n) is 7.27. The molecule has 5 rings (SSSR count). The Morgan fingerprint density at radius 3 is 2.72 bits per heavy atom. The van der Waals surface area contributed by atoms with Gasteiger partial charge in [0, 0.05) is 34.8 Å². The molecule has 0 spiro atoms. The molecule has 162 valence electrons. The van der Waals surface area contributed by atoms with Crippen LogP contribution < -0.4 is 0 Å². The fourth-order valence-corrected chi connectivity index (χ4v) is 3.83. The lowest BCUT2D eigenvalue weighted by Gasteiger charge is -2.12. The van der Waals surface area contributed by atoms with Gasteiger partial charge in [-0.2, -0.15) is 23.4 Å². The smallest absolute Gasteiger partial charge is 0.344 e. The predicted molar refractivity (Wildman–Crippen MR) is 113 cm³/mol. The van der Waals surface area contributed by atoms with E-state index in [1.165, 1.54) is 10.7 Å². The summed E-state index contributed by atoms with van der Waals surface area (Å²) in [6.07, 6.45) is 3.97. The Morgan fingerprint density at radius 1 is 1.12 bits per heavy atom. The Morgan fingerprint density at radius 2 is 1.97 bits per heavy atom. The van der Waals surface area contributed by atoms with E-state index in [1.807, 2.05) is 6.92 Å². The molecule has 0 radical (unpaired) electrons. The van der Waals surface area contributed by atoms with Crippen LogP contribution in [-0.4, -0.2) is 34.9 Å². The lowest BCUT2D eigenvalue weighted by atomic mass is 10.1. The van der Waals surface area contributed by atoms with E-state index in [0.717, 1.165) is 28.5 Å². The first-order valence-electron chi connectivity index (χ1n) is 9.53. The first-order valence-corrected chi connectivity index (χ1v) is 9.91. The second kappa shape index (κ2) is 7.49. The van der Waals surface area contributed by atoms with Gasteiger partial charge in [-0.15, -0.1) is 0 Å². The molecule has 0 aliphatic carbocycles. The Balaban J connectivity index is 1.49. The summed E-state index contributed by atoms with van der Waals surface area (Å²) in [5.74, 6) is 0. The van der Waals surface area contributed by atoms with Crippen LogP contribution in [0, 0.1) is 6.92 Å².